The van der Waals surface area contributed by atoms with E-state index in [0.29, 0.717) is 11.1 Å². The van der Waals surface area contributed by atoms with Gasteiger partial charge in [-0.3, -0.25) is 19.2 Å². The van der Waals surface area contributed by atoms with Gasteiger partial charge in [-0.2, -0.15) is 0 Å². The summed E-state index contributed by atoms with van der Waals surface area (Å²) < 4.78 is 0. The summed E-state index contributed by atoms with van der Waals surface area (Å²) in [5.74, 6) is -5.36. The van der Waals surface area contributed by atoms with Gasteiger partial charge < -0.3 is 32.3 Å². The predicted molar refractivity (Wildman–Crippen MR) is 161 cm³/mol. The van der Waals surface area contributed by atoms with E-state index in [0.717, 1.165) is 0 Å². The molecule has 4 atom stereocenters. The Morgan fingerprint density at radius 1 is 0.814 bits per heavy atom. The zero-order chi connectivity index (χ0) is 31.7. The van der Waals surface area contributed by atoms with Crippen LogP contribution < -0.4 is 22.1 Å². The SMILES string of the molecule is C[C@H](N)C(=O)N[C@@H](C)C(=O)N[C@@H](Cc1ccccc1)C(=O)c1c(C(=O)O)ccc(N)c1CCC(C(=O)O)c1ccccc1. The molecule has 0 aliphatic heterocycles. The number of carbonyl (C=O) groups excluding carboxylic acids is 3. The molecule has 0 bridgehead atoms. The maximum atomic E-state index is 14.2. The van der Waals surface area contributed by atoms with E-state index in [1.165, 1.54) is 26.0 Å². The lowest BCUT2D eigenvalue weighted by Crippen LogP contribution is -2.53. The molecule has 0 saturated heterocycles. The first kappa shape index (κ1) is 32.5. The minimum Gasteiger partial charge on any atom is -0.481 e. The highest BCUT2D eigenvalue weighted by atomic mass is 16.4. The van der Waals surface area contributed by atoms with Crippen molar-refractivity contribution in [3.63, 3.8) is 0 Å². The molecule has 1 unspecified atom stereocenters. The molecular weight excluding hydrogens is 552 g/mol. The van der Waals surface area contributed by atoms with E-state index >= 15 is 0 Å². The fourth-order valence-electron chi connectivity index (χ4n) is 4.74. The number of nitrogens with two attached hydrogens (primary N) is 2. The average molecular weight is 589 g/mol. The number of nitrogens with one attached hydrogen (secondary N) is 2. The van der Waals surface area contributed by atoms with Gasteiger partial charge in [0, 0.05) is 17.7 Å². The molecule has 43 heavy (non-hydrogen) atoms. The highest BCUT2D eigenvalue weighted by Crippen LogP contribution is 2.29. The standard InChI is InChI=1S/C32H36N4O7/c1-18(33)29(38)35-19(2)30(39)36-26(17-20-9-5-3-6-10-20)28(37)27-23(25(34)16-15-24(27)32(42)43)14-13-22(31(40)41)21-11-7-4-8-12-21/h3-12,15-16,18-19,22,26H,13-14,17,33-34H2,1-2H3,(H,35,38)(H,36,39)(H,40,41)(H,42,43)/t18-,19-,22?,26-/m0/s1. The van der Waals surface area contributed by atoms with E-state index in [1.807, 2.05) is 0 Å². The summed E-state index contributed by atoms with van der Waals surface area (Å²) in [5, 5.41) is 25.1. The largest absolute Gasteiger partial charge is 0.481 e. The lowest BCUT2D eigenvalue weighted by Gasteiger charge is -2.24. The van der Waals surface area contributed by atoms with E-state index in [1.54, 1.807) is 60.7 Å². The summed E-state index contributed by atoms with van der Waals surface area (Å²) in [6, 6.07) is 16.8. The fourth-order valence-corrected chi connectivity index (χ4v) is 4.74. The van der Waals surface area contributed by atoms with Crippen LogP contribution in [-0.2, 0) is 27.2 Å². The van der Waals surface area contributed by atoms with E-state index in [-0.39, 0.29) is 41.6 Å². The molecule has 0 fully saturated rings. The quantitative estimate of drug-likeness (QED) is 0.121. The second kappa shape index (κ2) is 14.7. The number of carboxylic acid groups (broad SMARTS) is 2. The first-order valence-electron chi connectivity index (χ1n) is 13.8. The van der Waals surface area contributed by atoms with Gasteiger partial charge in [-0.1, -0.05) is 60.7 Å². The van der Waals surface area contributed by atoms with E-state index < -0.39 is 53.6 Å². The molecular formula is C32H36N4O7. The van der Waals surface area contributed by atoms with Gasteiger partial charge >= 0.3 is 11.9 Å². The normalized spacial score (nSPS) is 13.7. The molecule has 0 aromatic heterocycles. The lowest BCUT2D eigenvalue weighted by atomic mass is 9.85. The number of carbonyl (C=O) groups is 5. The van der Waals surface area contributed by atoms with Gasteiger partial charge in [-0.15, -0.1) is 0 Å². The zero-order valence-electron chi connectivity index (χ0n) is 23.9. The minimum atomic E-state index is -1.38. The highest BCUT2D eigenvalue weighted by molar-refractivity contribution is 6.11. The molecule has 8 N–H and O–H groups in total. The summed E-state index contributed by atoms with van der Waals surface area (Å²) in [7, 11) is 0. The number of ketones is 1. The number of aliphatic carboxylic acids is 1. The molecule has 0 heterocycles. The van der Waals surface area contributed by atoms with Crippen molar-refractivity contribution in [2.75, 3.05) is 5.73 Å². The molecule has 0 radical (unpaired) electrons. The lowest BCUT2D eigenvalue weighted by molar-refractivity contribution is -0.139. The molecule has 0 aliphatic rings. The first-order chi connectivity index (χ1) is 20.4. The molecule has 2 amide bonds. The van der Waals surface area contributed by atoms with Crippen molar-refractivity contribution in [1.82, 2.24) is 10.6 Å². The number of rotatable bonds is 14. The maximum absolute atomic E-state index is 14.2. The third kappa shape index (κ3) is 8.49. The highest BCUT2D eigenvalue weighted by Gasteiger charge is 2.32. The average Bonchev–Trinajstić information content (AvgIpc) is 2.97. The Kier molecular flexibility index (Phi) is 11.1. The Bertz CT molecular complexity index is 1480. The Labute approximate surface area is 249 Å². The van der Waals surface area contributed by atoms with Crippen LogP contribution in [0.3, 0.4) is 0 Å². The first-order valence-corrected chi connectivity index (χ1v) is 13.8. The maximum Gasteiger partial charge on any atom is 0.336 e. The summed E-state index contributed by atoms with van der Waals surface area (Å²) >= 11 is 0. The Hall–Kier alpha value is -5.03. The van der Waals surface area contributed by atoms with Gasteiger partial charge in [0.1, 0.15) is 6.04 Å². The number of anilines is 1. The van der Waals surface area contributed by atoms with Crippen molar-refractivity contribution in [2.24, 2.45) is 5.73 Å². The monoisotopic (exact) mass is 588 g/mol. The van der Waals surface area contributed by atoms with Crippen molar-refractivity contribution in [3.05, 3.63) is 101 Å². The van der Waals surface area contributed by atoms with Crippen LogP contribution in [0.4, 0.5) is 5.69 Å². The Morgan fingerprint density at radius 2 is 1.42 bits per heavy atom. The molecule has 0 saturated carbocycles. The van der Waals surface area contributed by atoms with Gasteiger partial charge in [0.15, 0.2) is 5.78 Å². The van der Waals surface area contributed by atoms with Gasteiger partial charge in [0.25, 0.3) is 0 Å². The number of nitrogen functional groups attached to an aromatic ring is 1. The molecule has 3 aromatic carbocycles. The van der Waals surface area contributed by atoms with Gasteiger partial charge in [0.05, 0.1) is 23.6 Å². The van der Waals surface area contributed by atoms with Gasteiger partial charge in [0.2, 0.25) is 11.8 Å². The van der Waals surface area contributed by atoms with Crippen LogP contribution in [0.15, 0.2) is 72.8 Å². The smallest absolute Gasteiger partial charge is 0.336 e. The second-order valence-corrected chi connectivity index (χ2v) is 10.3. The van der Waals surface area contributed by atoms with Crippen molar-refractivity contribution < 1.29 is 34.2 Å². The Morgan fingerprint density at radius 3 is 1.98 bits per heavy atom. The van der Waals surface area contributed by atoms with E-state index in [4.69, 9.17) is 11.5 Å². The third-order valence-electron chi connectivity index (χ3n) is 7.09. The van der Waals surface area contributed by atoms with Crippen molar-refractivity contribution >= 4 is 35.2 Å². The second-order valence-electron chi connectivity index (χ2n) is 10.3. The van der Waals surface area contributed by atoms with Crippen LogP contribution in [0.2, 0.25) is 0 Å². The van der Waals surface area contributed by atoms with Crippen molar-refractivity contribution in [3.8, 4) is 0 Å². The van der Waals surface area contributed by atoms with Crippen LogP contribution in [0, 0.1) is 0 Å². The van der Waals surface area contributed by atoms with E-state index in [9.17, 15) is 34.2 Å². The van der Waals surface area contributed by atoms with Crippen molar-refractivity contribution in [1.29, 1.82) is 0 Å². The molecule has 0 spiro atoms. The molecule has 3 aromatic rings. The number of carboxylic acids is 2. The fraction of sp³-hybridized carbons (Fsp3) is 0.281. The van der Waals surface area contributed by atoms with Crippen molar-refractivity contribution in [2.45, 2.75) is 57.2 Å². The number of aromatic carboxylic acids is 1. The molecule has 3 rings (SSSR count). The number of amides is 2. The number of benzene rings is 3. The Balaban J connectivity index is 2.03. The molecule has 11 nitrogen and oxygen atoms in total. The van der Waals surface area contributed by atoms with E-state index in [2.05, 4.69) is 10.6 Å². The van der Waals surface area contributed by atoms with Crippen LogP contribution >= 0.6 is 0 Å². The number of hydrogen-bond acceptors (Lipinski definition) is 7. The summed E-state index contributed by atoms with van der Waals surface area (Å²) in [6.45, 7) is 2.90. The zero-order valence-corrected chi connectivity index (χ0v) is 23.9. The molecule has 11 heteroatoms. The summed E-state index contributed by atoms with van der Waals surface area (Å²) in [4.78, 5) is 63.9. The van der Waals surface area contributed by atoms with Crippen LogP contribution in [0.1, 0.15) is 63.6 Å². The molecule has 0 aliphatic carbocycles. The van der Waals surface area contributed by atoms with Gasteiger partial charge in [-0.25, -0.2) is 4.79 Å². The summed E-state index contributed by atoms with van der Waals surface area (Å²) in [5.41, 5.74) is 12.9. The van der Waals surface area contributed by atoms with Crippen LogP contribution in [-0.4, -0.2) is 57.9 Å². The van der Waals surface area contributed by atoms with Gasteiger partial charge in [-0.05, 0) is 55.5 Å². The number of Topliss-reactive ketones (excluding diaryl/α,β-unsaturated/α-hetero) is 1. The topological polar surface area (TPSA) is 202 Å². The molecule has 226 valence electrons. The minimum absolute atomic E-state index is 0.00837. The van der Waals surface area contributed by atoms with Crippen LogP contribution in [0.25, 0.3) is 0 Å². The predicted octanol–water partition coefficient (Wildman–Crippen LogP) is 2.53. The number of hydrogen-bond donors (Lipinski definition) is 6. The summed E-state index contributed by atoms with van der Waals surface area (Å²) in [6.07, 6.45) is 0.0180. The van der Waals surface area contributed by atoms with Crippen LogP contribution in [0.5, 0.6) is 0 Å². The third-order valence-corrected chi connectivity index (χ3v) is 7.09.